The summed E-state index contributed by atoms with van der Waals surface area (Å²) in [6.45, 7) is 15.6. The fourth-order valence-electron chi connectivity index (χ4n) is 3.25. The van der Waals surface area contributed by atoms with Crippen molar-refractivity contribution >= 4 is 23.1 Å². The molecule has 4 heteroatoms. The molecule has 0 atom stereocenters. The van der Waals surface area contributed by atoms with Crippen LogP contribution in [-0.2, 0) is 0 Å². The van der Waals surface area contributed by atoms with Crippen molar-refractivity contribution in [1.82, 2.24) is 9.38 Å². The average molecular weight is 322 g/mol. The molecule has 0 aromatic carbocycles. The van der Waals surface area contributed by atoms with E-state index in [0.29, 0.717) is 5.92 Å². The van der Waals surface area contributed by atoms with Crippen molar-refractivity contribution < 1.29 is 0 Å². The van der Waals surface area contributed by atoms with Crippen molar-refractivity contribution in [2.75, 3.05) is 5.32 Å². The van der Waals surface area contributed by atoms with Crippen molar-refractivity contribution in [3.05, 3.63) is 29.0 Å². The fourth-order valence-corrected chi connectivity index (χ4v) is 3.41. The first-order chi connectivity index (χ1) is 9.98. The van der Waals surface area contributed by atoms with Crippen molar-refractivity contribution in [1.29, 1.82) is 0 Å². The number of pyridine rings is 1. The van der Waals surface area contributed by atoms with Gasteiger partial charge in [-0.05, 0) is 43.7 Å². The SMILES string of the molecule is CC(C)c1nc2ccc(Cl)cn2c1NC(C)(C)CC(C)(C)C. The van der Waals surface area contributed by atoms with Crippen LogP contribution in [0.15, 0.2) is 18.3 Å². The first-order valence-corrected chi connectivity index (χ1v) is 8.32. The zero-order valence-electron chi connectivity index (χ0n) is 14.8. The zero-order chi connectivity index (χ0) is 16.7. The molecule has 0 saturated carbocycles. The number of hydrogen-bond acceptors (Lipinski definition) is 2. The Morgan fingerprint density at radius 3 is 2.36 bits per heavy atom. The molecule has 0 aliphatic rings. The third-order valence-corrected chi connectivity index (χ3v) is 3.81. The summed E-state index contributed by atoms with van der Waals surface area (Å²) >= 11 is 6.18. The Labute approximate surface area is 139 Å². The molecule has 2 rings (SSSR count). The Kier molecular flexibility index (Phi) is 4.49. The van der Waals surface area contributed by atoms with E-state index >= 15 is 0 Å². The molecule has 0 unspecified atom stereocenters. The molecular formula is C18H28ClN3. The first kappa shape index (κ1) is 17.1. The Hall–Kier alpha value is -1.22. The van der Waals surface area contributed by atoms with Crippen LogP contribution in [-0.4, -0.2) is 14.9 Å². The van der Waals surface area contributed by atoms with Crippen molar-refractivity contribution in [2.24, 2.45) is 5.41 Å². The summed E-state index contributed by atoms with van der Waals surface area (Å²) in [5.41, 5.74) is 2.25. The quantitative estimate of drug-likeness (QED) is 0.778. The molecule has 0 amide bonds. The van der Waals surface area contributed by atoms with E-state index in [1.165, 1.54) is 0 Å². The van der Waals surface area contributed by atoms with Gasteiger partial charge in [-0.1, -0.05) is 46.2 Å². The summed E-state index contributed by atoms with van der Waals surface area (Å²) in [6, 6.07) is 3.86. The van der Waals surface area contributed by atoms with Crippen LogP contribution in [0.5, 0.6) is 0 Å². The molecule has 1 N–H and O–H groups in total. The summed E-state index contributed by atoms with van der Waals surface area (Å²) in [5, 5.41) is 4.44. The van der Waals surface area contributed by atoms with Gasteiger partial charge in [-0.3, -0.25) is 4.40 Å². The first-order valence-electron chi connectivity index (χ1n) is 7.94. The molecule has 122 valence electrons. The van der Waals surface area contributed by atoms with Gasteiger partial charge < -0.3 is 5.32 Å². The number of imidazole rings is 1. The highest BCUT2D eigenvalue weighted by molar-refractivity contribution is 6.30. The maximum absolute atomic E-state index is 6.18. The largest absolute Gasteiger partial charge is 0.365 e. The van der Waals surface area contributed by atoms with E-state index in [0.717, 1.165) is 28.6 Å². The third kappa shape index (κ3) is 3.95. The Bertz CT molecular complexity index is 663. The predicted octanol–water partition coefficient (Wildman–Crippen LogP) is 5.74. The van der Waals surface area contributed by atoms with Gasteiger partial charge in [0.25, 0.3) is 0 Å². The average Bonchev–Trinajstić information content (AvgIpc) is 2.64. The van der Waals surface area contributed by atoms with Crippen LogP contribution in [0.25, 0.3) is 5.65 Å². The van der Waals surface area contributed by atoms with Gasteiger partial charge in [0.2, 0.25) is 0 Å². The molecule has 0 bridgehead atoms. The van der Waals surface area contributed by atoms with Crippen LogP contribution in [0.1, 0.15) is 66.5 Å². The molecule has 0 aliphatic carbocycles. The summed E-state index contributed by atoms with van der Waals surface area (Å²) in [6.07, 6.45) is 3.00. The van der Waals surface area contributed by atoms with Gasteiger partial charge in [0.1, 0.15) is 11.5 Å². The van der Waals surface area contributed by atoms with Crippen LogP contribution in [0.3, 0.4) is 0 Å². The standard InChI is InChI=1S/C18H28ClN3/c1-12(2)15-16(21-18(6,7)11-17(3,4)5)22-10-13(19)8-9-14(22)20-15/h8-10,12,21H,11H2,1-7H3. The number of anilines is 1. The van der Waals surface area contributed by atoms with Crippen molar-refractivity contribution in [3.63, 3.8) is 0 Å². The number of halogens is 1. The van der Waals surface area contributed by atoms with E-state index in [1.807, 2.05) is 18.3 Å². The number of nitrogens with zero attached hydrogens (tertiary/aromatic N) is 2. The highest BCUT2D eigenvalue weighted by Crippen LogP contribution is 2.33. The minimum atomic E-state index is -0.0276. The zero-order valence-corrected chi connectivity index (χ0v) is 15.5. The molecule has 2 aromatic rings. The van der Waals surface area contributed by atoms with Crippen LogP contribution in [0.4, 0.5) is 5.82 Å². The molecule has 3 nitrogen and oxygen atoms in total. The smallest absolute Gasteiger partial charge is 0.138 e. The van der Waals surface area contributed by atoms with Gasteiger partial charge in [-0.2, -0.15) is 0 Å². The molecule has 0 fully saturated rings. The second-order valence-electron chi connectivity index (χ2n) is 8.32. The van der Waals surface area contributed by atoms with E-state index in [4.69, 9.17) is 16.6 Å². The second kappa shape index (κ2) is 5.77. The highest BCUT2D eigenvalue weighted by atomic mass is 35.5. The van der Waals surface area contributed by atoms with Crippen LogP contribution >= 0.6 is 11.6 Å². The summed E-state index contributed by atoms with van der Waals surface area (Å²) in [7, 11) is 0. The molecule has 0 radical (unpaired) electrons. The fraction of sp³-hybridized carbons (Fsp3) is 0.611. The Morgan fingerprint density at radius 2 is 1.82 bits per heavy atom. The number of rotatable bonds is 4. The Balaban J connectivity index is 2.48. The van der Waals surface area contributed by atoms with Crippen LogP contribution in [0, 0.1) is 5.41 Å². The van der Waals surface area contributed by atoms with E-state index in [2.05, 4.69) is 58.2 Å². The lowest BCUT2D eigenvalue weighted by Gasteiger charge is -2.34. The lowest BCUT2D eigenvalue weighted by atomic mass is 9.82. The van der Waals surface area contributed by atoms with Gasteiger partial charge in [0.15, 0.2) is 0 Å². The monoisotopic (exact) mass is 321 g/mol. The predicted molar refractivity (Wildman–Crippen MR) is 96.1 cm³/mol. The van der Waals surface area contributed by atoms with E-state index in [9.17, 15) is 0 Å². The maximum atomic E-state index is 6.18. The van der Waals surface area contributed by atoms with E-state index in [-0.39, 0.29) is 11.0 Å². The minimum Gasteiger partial charge on any atom is -0.365 e. The third-order valence-electron chi connectivity index (χ3n) is 3.59. The van der Waals surface area contributed by atoms with E-state index < -0.39 is 0 Å². The molecule has 0 spiro atoms. The van der Waals surface area contributed by atoms with Crippen molar-refractivity contribution in [3.8, 4) is 0 Å². The van der Waals surface area contributed by atoms with Gasteiger partial charge in [0.05, 0.1) is 10.7 Å². The van der Waals surface area contributed by atoms with Crippen LogP contribution in [0.2, 0.25) is 5.02 Å². The number of fused-ring (bicyclic) bond motifs is 1. The van der Waals surface area contributed by atoms with Crippen molar-refractivity contribution in [2.45, 2.75) is 66.3 Å². The lowest BCUT2D eigenvalue weighted by Crippen LogP contribution is -2.36. The summed E-state index contributed by atoms with van der Waals surface area (Å²) in [4.78, 5) is 4.78. The molecule has 22 heavy (non-hydrogen) atoms. The molecule has 2 aromatic heterocycles. The molecule has 2 heterocycles. The highest BCUT2D eigenvalue weighted by Gasteiger charge is 2.28. The van der Waals surface area contributed by atoms with Gasteiger partial charge in [-0.25, -0.2) is 4.98 Å². The maximum Gasteiger partial charge on any atom is 0.138 e. The minimum absolute atomic E-state index is 0.0276. The van der Waals surface area contributed by atoms with Gasteiger partial charge in [0, 0.05) is 11.7 Å². The molecular weight excluding hydrogens is 294 g/mol. The van der Waals surface area contributed by atoms with E-state index in [1.54, 1.807) is 0 Å². The molecule has 0 aliphatic heterocycles. The van der Waals surface area contributed by atoms with Gasteiger partial charge in [-0.15, -0.1) is 0 Å². The number of aromatic nitrogens is 2. The number of hydrogen-bond donors (Lipinski definition) is 1. The topological polar surface area (TPSA) is 29.3 Å². The lowest BCUT2D eigenvalue weighted by molar-refractivity contribution is 0.301. The molecule has 0 saturated heterocycles. The Morgan fingerprint density at radius 1 is 1.18 bits per heavy atom. The summed E-state index contributed by atoms with van der Waals surface area (Å²) in [5.74, 6) is 1.41. The van der Waals surface area contributed by atoms with Gasteiger partial charge >= 0.3 is 0 Å². The summed E-state index contributed by atoms with van der Waals surface area (Å²) < 4.78 is 2.07. The van der Waals surface area contributed by atoms with Crippen LogP contribution < -0.4 is 5.32 Å². The number of nitrogens with one attached hydrogen (secondary N) is 1. The second-order valence-corrected chi connectivity index (χ2v) is 8.76. The normalized spacial score (nSPS) is 13.1.